The van der Waals surface area contributed by atoms with Crippen LogP contribution < -0.4 is 10.2 Å². The third-order valence-corrected chi connectivity index (χ3v) is 4.26. The molecule has 2 heteroatoms. The first kappa shape index (κ1) is 15.4. The molecule has 0 aliphatic carbocycles. The predicted molar refractivity (Wildman–Crippen MR) is 88.5 cm³/mol. The first-order valence-corrected chi connectivity index (χ1v) is 8.23. The van der Waals surface area contributed by atoms with Crippen molar-refractivity contribution in [2.45, 2.75) is 52.5 Å². The van der Waals surface area contributed by atoms with Crippen LogP contribution in [-0.2, 0) is 6.42 Å². The van der Waals surface area contributed by atoms with E-state index in [0.717, 1.165) is 12.5 Å². The summed E-state index contributed by atoms with van der Waals surface area (Å²) in [4.78, 5) is 2.54. The fraction of sp³-hybridized carbons (Fsp3) is 0.667. The monoisotopic (exact) mass is 274 g/mol. The number of para-hydroxylation sites is 1. The highest BCUT2D eigenvalue weighted by molar-refractivity contribution is 5.57. The number of hydrogen-bond acceptors (Lipinski definition) is 2. The molecule has 1 aliphatic rings. The van der Waals surface area contributed by atoms with E-state index in [1.54, 1.807) is 0 Å². The Morgan fingerprint density at radius 3 is 2.75 bits per heavy atom. The highest BCUT2D eigenvalue weighted by atomic mass is 15.1. The quantitative estimate of drug-likeness (QED) is 0.724. The molecule has 0 aromatic heterocycles. The van der Waals surface area contributed by atoms with Gasteiger partial charge in [0, 0.05) is 24.8 Å². The molecule has 0 amide bonds. The van der Waals surface area contributed by atoms with Crippen molar-refractivity contribution < 1.29 is 0 Å². The summed E-state index contributed by atoms with van der Waals surface area (Å²) < 4.78 is 0. The van der Waals surface area contributed by atoms with Gasteiger partial charge in [-0.15, -0.1) is 0 Å². The lowest BCUT2D eigenvalue weighted by Gasteiger charge is -2.20. The van der Waals surface area contributed by atoms with Crippen LogP contribution in [0.25, 0.3) is 0 Å². The van der Waals surface area contributed by atoms with Crippen molar-refractivity contribution in [1.29, 1.82) is 0 Å². The van der Waals surface area contributed by atoms with Gasteiger partial charge in [0.2, 0.25) is 0 Å². The zero-order chi connectivity index (χ0) is 14.4. The molecule has 2 rings (SSSR count). The van der Waals surface area contributed by atoms with Crippen LogP contribution in [0.2, 0.25) is 0 Å². The molecule has 2 nitrogen and oxygen atoms in total. The van der Waals surface area contributed by atoms with Crippen molar-refractivity contribution in [3.63, 3.8) is 0 Å². The van der Waals surface area contributed by atoms with Crippen LogP contribution in [0.15, 0.2) is 24.3 Å². The molecule has 0 saturated carbocycles. The molecule has 1 unspecified atom stereocenters. The first-order valence-electron chi connectivity index (χ1n) is 8.23. The second-order valence-electron chi connectivity index (χ2n) is 6.55. The second kappa shape index (κ2) is 7.68. The van der Waals surface area contributed by atoms with Crippen molar-refractivity contribution >= 4 is 5.69 Å². The molecule has 0 bridgehead atoms. The fourth-order valence-corrected chi connectivity index (χ4v) is 2.94. The summed E-state index contributed by atoms with van der Waals surface area (Å²) in [6.07, 6.45) is 5.08. The minimum atomic E-state index is 0.656. The van der Waals surface area contributed by atoms with Gasteiger partial charge in [0.05, 0.1) is 0 Å². The van der Waals surface area contributed by atoms with E-state index < -0.39 is 0 Å². The van der Waals surface area contributed by atoms with Gasteiger partial charge in [-0.05, 0) is 56.7 Å². The van der Waals surface area contributed by atoms with E-state index in [4.69, 9.17) is 0 Å². The predicted octanol–water partition coefficient (Wildman–Crippen LogP) is 3.85. The Bertz CT molecular complexity index is 400. The van der Waals surface area contributed by atoms with Gasteiger partial charge in [-0.1, -0.05) is 32.0 Å². The summed E-state index contributed by atoms with van der Waals surface area (Å²) in [5.41, 5.74) is 2.98. The molecule has 0 spiro atoms. The summed E-state index contributed by atoms with van der Waals surface area (Å²) in [5, 5.41) is 3.66. The molecule has 20 heavy (non-hydrogen) atoms. The number of fused-ring (bicyclic) bond motifs is 1. The zero-order valence-electron chi connectivity index (χ0n) is 13.4. The Morgan fingerprint density at radius 2 is 1.95 bits per heavy atom. The highest BCUT2D eigenvalue weighted by Crippen LogP contribution is 2.27. The normalized spacial score (nSPS) is 15.7. The minimum absolute atomic E-state index is 0.656. The molecule has 1 aromatic rings. The van der Waals surface area contributed by atoms with Crippen LogP contribution in [0, 0.1) is 5.92 Å². The van der Waals surface area contributed by atoms with E-state index in [1.165, 1.54) is 50.0 Å². The standard InChI is InChI=1S/C18H30N2/c1-15(2)9-10-16(3)19-12-6-13-20-14-11-17-7-4-5-8-18(17)20/h4-5,7-8,15-16,19H,6,9-14H2,1-3H3. The van der Waals surface area contributed by atoms with Gasteiger partial charge in [0.25, 0.3) is 0 Å². The molecule has 0 saturated heterocycles. The Hall–Kier alpha value is -1.02. The van der Waals surface area contributed by atoms with Crippen LogP contribution in [0.3, 0.4) is 0 Å². The van der Waals surface area contributed by atoms with E-state index in [1.807, 2.05) is 0 Å². The third-order valence-electron chi connectivity index (χ3n) is 4.26. The lowest BCUT2D eigenvalue weighted by molar-refractivity contribution is 0.448. The average Bonchev–Trinajstić information content (AvgIpc) is 2.85. The minimum Gasteiger partial charge on any atom is -0.371 e. The molecule has 1 aromatic carbocycles. The number of nitrogens with one attached hydrogen (secondary N) is 1. The Labute approximate surface area is 124 Å². The molecule has 0 fully saturated rings. The van der Waals surface area contributed by atoms with Crippen molar-refractivity contribution in [2.24, 2.45) is 5.92 Å². The SMILES string of the molecule is CC(C)CCC(C)NCCCN1CCc2ccccc21. The molecule has 1 heterocycles. The highest BCUT2D eigenvalue weighted by Gasteiger charge is 2.17. The summed E-state index contributed by atoms with van der Waals surface area (Å²) in [6, 6.07) is 9.50. The second-order valence-corrected chi connectivity index (χ2v) is 6.55. The van der Waals surface area contributed by atoms with Gasteiger partial charge in [0.1, 0.15) is 0 Å². The molecule has 112 valence electrons. The van der Waals surface area contributed by atoms with Gasteiger partial charge in [-0.3, -0.25) is 0 Å². The van der Waals surface area contributed by atoms with Crippen molar-refractivity contribution in [2.75, 3.05) is 24.5 Å². The third kappa shape index (κ3) is 4.52. The van der Waals surface area contributed by atoms with E-state index in [2.05, 4.69) is 55.3 Å². The van der Waals surface area contributed by atoms with Gasteiger partial charge in [-0.25, -0.2) is 0 Å². The maximum Gasteiger partial charge on any atom is 0.0399 e. The smallest absolute Gasteiger partial charge is 0.0399 e. The van der Waals surface area contributed by atoms with E-state index in [9.17, 15) is 0 Å². The number of anilines is 1. The summed E-state index contributed by atoms with van der Waals surface area (Å²) >= 11 is 0. The Balaban J connectivity index is 1.63. The van der Waals surface area contributed by atoms with E-state index >= 15 is 0 Å². The van der Waals surface area contributed by atoms with Gasteiger partial charge >= 0.3 is 0 Å². The summed E-state index contributed by atoms with van der Waals surface area (Å²) in [5.74, 6) is 0.820. The van der Waals surface area contributed by atoms with Gasteiger partial charge in [0.15, 0.2) is 0 Å². The van der Waals surface area contributed by atoms with E-state index in [0.29, 0.717) is 6.04 Å². The van der Waals surface area contributed by atoms with Crippen LogP contribution in [0.1, 0.15) is 45.6 Å². The van der Waals surface area contributed by atoms with Crippen LogP contribution in [0.5, 0.6) is 0 Å². The van der Waals surface area contributed by atoms with Crippen LogP contribution >= 0.6 is 0 Å². The van der Waals surface area contributed by atoms with Crippen LogP contribution in [-0.4, -0.2) is 25.7 Å². The van der Waals surface area contributed by atoms with Gasteiger partial charge < -0.3 is 10.2 Å². The number of benzene rings is 1. The molecular weight excluding hydrogens is 244 g/mol. The molecule has 1 atom stereocenters. The van der Waals surface area contributed by atoms with Crippen molar-refractivity contribution in [3.8, 4) is 0 Å². The number of rotatable bonds is 8. The Kier molecular flexibility index (Phi) is 5.90. The topological polar surface area (TPSA) is 15.3 Å². The summed E-state index contributed by atoms with van der Waals surface area (Å²) in [6.45, 7) is 10.4. The molecule has 1 N–H and O–H groups in total. The maximum absolute atomic E-state index is 3.66. The maximum atomic E-state index is 3.66. The molecule has 1 aliphatic heterocycles. The first-order chi connectivity index (χ1) is 9.66. The lowest BCUT2D eigenvalue weighted by Crippen LogP contribution is -2.30. The van der Waals surface area contributed by atoms with Crippen molar-refractivity contribution in [1.82, 2.24) is 5.32 Å². The molecular formula is C18H30N2. The molecule has 0 radical (unpaired) electrons. The van der Waals surface area contributed by atoms with Gasteiger partial charge in [-0.2, -0.15) is 0 Å². The van der Waals surface area contributed by atoms with Crippen LogP contribution in [0.4, 0.5) is 5.69 Å². The van der Waals surface area contributed by atoms with E-state index in [-0.39, 0.29) is 0 Å². The summed E-state index contributed by atoms with van der Waals surface area (Å²) in [7, 11) is 0. The lowest BCUT2D eigenvalue weighted by atomic mass is 10.0. The number of hydrogen-bond donors (Lipinski definition) is 1. The largest absolute Gasteiger partial charge is 0.371 e. The zero-order valence-corrected chi connectivity index (χ0v) is 13.4. The number of nitrogens with zero attached hydrogens (tertiary/aromatic N) is 1. The average molecular weight is 274 g/mol. The Morgan fingerprint density at radius 1 is 1.15 bits per heavy atom. The fourth-order valence-electron chi connectivity index (χ4n) is 2.94. The van der Waals surface area contributed by atoms with Crippen molar-refractivity contribution in [3.05, 3.63) is 29.8 Å².